The topological polar surface area (TPSA) is 26.3 Å². The molecule has 0 aromatic heterocycles. The fraction of sp³-hybridized carbons (Fsp3) is 0.500. The van der Waals surface area contributed by atoms with Gasteiger partial charge >= 0.3 is 5.97 Å². The first kappa shape index (κ1) is 9.69. The zero-order valence-electron chi connectivity index (χ0n) is 3.00. The SMILES string of the molecule is CC(=O)OBr.[Cu]. The number of halogens is 1. The van der Waals surface area contributed by atoms with Crippen molar-refractivity contribution in [1.82, 2.24) is 0 Å². The number of hydrogen-bond acceptors (Lipinski definition) is 2. The van der Waals surface area contributed by atoms with Gasteiger partial charge in [-0.2, -0.15) is 0 Å². The van der Waals surface area contributed by atoms with E-state index in [2.05, 4.69) is 20.1 Å². The molecule has 6 heavy (non-hydrogen) atoms. The maximum atomic E-state index is 9.54. The van der Waals surface area contributed by atoms with Gasteiger partial charge in [0.1, 0.15) is 0 Å². The minimum atomic E-state index is -0.329. The summed E-state index contributed by atoms with van der Waals surface area (Å²) in [7, 11) is 0. The van der Waals surface area contributed by atoms with Gasteiger partial charge in [-0.15, -0.1) is 0 Å². The van der Waals surface area contributed by atoms with Gasteiger partial charge in [0.15, 0.2) is 16.3 Å². The van der Waals surface area contributed by atoms with Crippen molar-refractivity contribution < 1.29 is 25.7 Å². The van der Waals surface area contributed by atoms with Crippen LogP contribution >= 0.6 is 16.3 Å². The van der Waals surface area contributed by atoms with Crippen molar-refractivity contribution in [3.05, 3.63) is 0 Å². The van der Waals surface area contributed by atoms with Gasteiger partial charge in [0, 0.05) is 24.0 Å². The standard InChI is InChI=1S/C2H3BrO2.Cu/c1-2(4)5-3;/h1H3;. The van der Waals surface area contributed by atoms with Crippen LogP contribution in [0.3, 0.4) is 0 Å². The van der Waals surface area contributed by atoms with Crippen LogP contribution in [0.15, 0.2) is 0 Å². The summed E-state index contributed by atoms with van der Waals surface area (Å²) in [5.74, 6) is -0.329. The first-order valence-electron chi connectivity index (χ1n) is 1.06. The predicted octanol–water partition coefficient (Wildman–Crippen LogP) is 0.857. The van der Waals surface area contributed by atoms with Crippen molar-refractivity contribution in [2.24, 2.45) is 0 Å². The molecular formula is C2H3BrCuO2. The Morgan fingerprint density at radius 2 is 2.00 bits per heavy atom. The molecule has 0 spiro atoms. The van der Waals surface area contributed by atoms with Crippen LogP contribution in [-0.4, -0.2) is 5.97 Å². The zero-order valence-corrected chi connectivity index (χ0v) is 5.52. The number of hydrogen-bond donors (Lipinski definition) is 0. The smallest absolute Gasteiger partial charge is 0.314 e. The van der Waals surface area contributed by atoms with Crippen LogP contribution in [-0.2, 0) is 25.7 Å². The molecule has 0 aliphatic heterocycles. The first-order valence-corrected chi connectivity index (χ1v) is 1.71. The number of rotatable bonds is 0. The van der Waals surface area contributed by atoms with Crippen molar-refractivity contribution in [1.29, 1.82) is 0 Å². The maximum Gasteiger partial charge on any atom is 0.314 e. The monoisotopic (exact) mass is 201 g/mol. The fourth-order valence-corrected chi connectivity index (χ4v) is 0. The van der Waals surface area contributed by atoms with Crippen LogP contribution in [0.25, 0.3) is 0 Å². The predicted molar refractivity (Wildman–Crippen MR) is 20.7 cm³/mol. The second-order valence-corrected chi connectivity index (χ2v) is 0.892. The Morgan fingerprint density at radius 1 is 1.83 bits per heavy atom. The fourth-order valence-electron chi connectivity index (χ4n) is 0. The van der Waals surface area contributed by atoms with Crippen LogP contribution < -0.4 is 0 Å². The third-order valence-electron chi connectivity index (χ3n) is 0.109. The van der Waals surface area contributed by atoms with E-state index in [9.17, 15) is 4.79 Å². The Bertz CT molecular complexity index is 46.8. The summed E-state index contributed by atoms with van der Waals surface area (Å²) in [6.45, 7) is 1.31. The van der Waals surface area contributed by atoms with Crippen LogP contribution in [0.5, 0.6) is 0 Å². The second-order valence-electron chi connectivity index (χ2n) is 0.569. The largest absolute Gasteiger partial charge is 0.384 e. The second kappa shape index (κ2) is 5.47. The van der Waals surface area contributed by atoms with Gasteiger partial charge in [0.05, 0.1) is 0 Å². The van der Waals surface area contributed by atoms with Crippen molar-refractivity contribution in [3.8, 4) is 0 Å². The summed E-state index contributed by atoms with van der Waals surface area (Å²) in [4.78, 5) is 9.54. The molecule has 41 valence electrons. The van der Waals surface area contributed by atoms with Gasteiger partial charge in [0.2, 0.25) is 0 Å². The summed E-state index contributed by atoms with van der Waals surface area (Å²) >= 11 is 2.46. The molecule has 0 heterocycles. The first-order chi connectivity index (χ1) is 2.27. The van der Waals surface area contributed by atoms with E-state index in [1.165, 1.54) is 6.92 Å². The minimum absolute atomic E-state index is 0. The average Bonchev–Trinajstić information content (AvgIpc) is 1.38. The van der Waals surface area contributed by atoms with Gasteiger partial charge in [-0.05, 0) is 0 Å². The van der Waals surface area contributed by atoms with Crippen LogP contribution in [0, 0.1) is 0 Å². The molecule has 0 amide bonds. The molecule has 2 nitrogen and oxygen atoms in total. The Hall–Kier alpha value is 0.469. The molecule has 0 aromatic rings. The maximum absolute atomic E-state index is 9.54. The van der Waals surface area contributed by atoms with Gasteiger partial charge in [-0.1, -0.05) is 0 Å². The third-order valence-corrected chi connectivity index (χ3v) is 0.565. The Morgan fingerprint density at radius 3 is 2.00 bits per heavy atom. The minimum Gasteiger partial charge on any atom is -0.384 e. The third kappa shape index (κ3) is 8.82. The molecule has 4 heteroatoms. The molecule has 0 unspecified atom stereocenters. The number of carbonyl (C=O) groups excluding carboxylic acids is 1. The van der Waals surface area contributed by atoms with E-state index in [1.54, 1.807) is 0 Å². The van der Waals surface area contributed by atoms with E-state index in [1.807, 2.05) is 0 Å². The summed E-state index contributed by atoms with van der Waals surface area (Å²) in [5, 5.41) is 0. The van der Waals surface area contributed by atoms with E-state index in [4.69, 9.17) is 0 Å². The average molecular weight is 202 g/mol. The normalized spacial score (nSPS) is 5.67. The van der Waals surface area contributed by atoms with Gasteiger partial charge in [-0.25, -0.2) is 0 Å². The molecule has 0 saturated heterocycles. The summed E-state index contributed by atoms with van der Waals surface area (Å²) in [6.07, 6.45) is 0. The van der Waals surface area contributed by atoms with Crippen LogP contribution in [0.1, 0.15) is 6.92 Å². The molecule has 0 rings (SSSR count). The van der Waals surface area contributed by atoms with Crippen LogP contribution in [0.2, 0.25) is 0 Å². The number of carbonyl (C=O) groups is 1. The summed E-state index contributed by atoms with van der Waals surface area (Å²) in [5.41, 5.74) is 0. The van der Waals surface area contributed by atoms with E-state index >= 15 is 0 Å². The molecule has 0 bridgehead atoms. The Labute approximate surface area is 55.2 Å². The summed E-state index contributed by atoms with van der Waals surface area (Å²) < 4.78 is 3.92. The van der Waals surface area contributed by atoms with Gasteiger partial charge in [-0.3, -0.25) is 4.79 Å². The molecular weight excluding hydrogens is 199 g/mol. The van der Waals surface area contributed by atoms with E-state index < -0.39 is 0 Å². The van der Waals surface area contributed by atoms with Crippen molar-refractivity contribution >= 4 is 22.2 Å². The molecule has 0 fully saturated rings. The van der Waals surface area contributed by atoms with Crippen molar-refractivity contribution in [2.45, 2.75) is 6.92 Å². The quantitative estimate of drug-likeness (QED) is 0.545. The molecule has 0 N–H and O–H groups in total. The van der Waals surface area contributed by atoms with Gasteiger partial charge < -0.3 is 3.83 Å². The Balaban J connectivity index is 0. The summed E-state index contributed by atoms with van der Waals surface area (Å²) in [6, 6.07) is 0. The van der Waals surface area contributed by atoms with Crippen molar-refractivity contribution in [2.75, 3.05) is 0 Å². The molecule has 0 saturated carbocycles. The van der Waals surface area contributed by atoms with Crippen molar-refractivity contribution in [3.63, 3.8) is 0 Å². The molecule has 0 atom stereocenters. The molecule has 0 aromatic carbocycles. The zero-order chi connectivity index (χ0) is 4.28. The van der Waals surface area contributed by atoms with E-state index in [0.717, 1.165) is 0 Å². The van der Waals surface area contributed by atoms with E-state index in [0.29, 0.717) is 0 Å². The van der Waals surface area contributed by atoms with E-state index in [-0.39, 0.29) is 23.0 Å². The molecule has 0 aliphatic carbocycles. The van der Waals surface area contributed by atoms with Gasteiger partial charge in [0.25, 0.3) is 0 Å². The molecule has 1 radical (unpaired) electrons. The molecule has 0 aliphatic rings. The Kier molecular flexibility index (Phi) is 8.83. The van der Waals surface area contributed by atoms with Crippen LogP contribution in [0.4, 0.5) is 0 Å².